The Morgan fingerprint density at radius 2 is 2.12 bits per heavy atom. The van der Waals surface area contributed by atoms with Gasteiger partial charge < -0.3 is 4.74 Å². The number of hydrogen-bond acceptors (Lipinski definition) is 2. The van der Waals surface area contributed by atoms with Crippen LogP contribution in [0.1, 0.15) is 51.9 Å². The zero-order valence-corrected chi connectivity index (χ0v) is 11.4. The summed E-state index contributed by atoms with van der Waals surface area (Å²) in [5.74, 6) is 0.760. The lowest BCUT2D eigenvalue weighted by molar-refractivity contribution is -0.184. The first-order valence-corrected chi connectivity index (χ1v) is 7.12. The predicted molar refractivity (Wildman–Crippen MR) is 65.5 cm³/mol. The van der Waals surface area contributed by atoms with E-state index in [4.69, 9.17) is 4.74 Å². The van der Waals surface area contributed by atoms with Crippen molar-refractivity contribution in [2.75, 3.05) is 0 Å². The molecule has 0 saturated heterocycles. The van der Waals surface area contributed by atoms with E-state index < -0.39 is 0 Å². The average molecular weight is 287 g/mol. The largest absolute Gasteiger partial charge is 0.461 e. The third-order valence-electron chi connectivity index (χ3n) is 5.11. The second-order valence-electron chi connectivity index (χ2n) is 6.41. The monoisotopic (exact) mass is 286 g/mol. The highest BCUT2D eigenvalue weighted by Gasteiger charge is 2.63. The first-order chi connectivity index (χ1) is 7.53. The van der Waals surface area contributed by atoms with Gasteiger partial charge in [0.05, 0.1) is 0 Å². The highest BCUT2D eigenvalue weighted by molar-refractivity contribution is 9.10. The molecule has 4 aliphatic carbocycles. The highest BCUT2D eigenvalue weighted by atomic mass is 79.9. The summed E-state index contributed by atoms with van der Waals surface area (Å²) >= 11 is 3.94. The maximum atomic E-state index is 10.7. The topological polar surface area (TPSA) is 26.3 Å². The molecule has 0 radical (unpaired) electrons. The summed E-state index contributed by atoms with van der Waals surface area (Å²) in [6.45, 7) is 2.96. The average Bonchev–Trinajstić information content (AvgIpc) is 2.13. The minimum absolute atomic E-state index is 0.138. The van der Waals surface area contributed by atoms with Crippen molar-refractivity contribution >= 4 is 22.4 Å². The van der Waals surface area contributed by atoms with Gasteiger partial charge in [-0.3, -0.25) is 4.79 Å². The van der Waals surface area contributed by atoms with Gasteiger partial charge in [0.1, 0.15) is 5.60 Å². The van der Waals surface area contributed by atoms with Crippen molar-refractivity contribution in [1.29, 1.82) is 0 Å². The van der Waals surface area contributed by atoms with E-state index in [1.807, 2.05) is 0 Å². The van der Waals surface area contributed by atoms with Crippen LogP contribution < -0.4 is 0 Å². The molecule has 90 valence electrons. The van der Waals surface area contributed by atoms with E-state index in [0.717, 1.165) is 25.2 Å². The van der Waals surface area contributed by atoms with E-state index in [-0.39, 0.29) is 9.93 Å². The molecular weight excluding hydrogens is 268 g/mol. The lowest BCUT2D eigenvalue weighted by Crippen LogP contribution is -2.61. The highest BCUT2D eigenvalue weighted by Crippen LogP contribution is 2.67. The predicted octanol–water partition coefficient (Wildman–Crippen LogP) is 3.43. The normalized spacial score (nSPS) is 54.0. The fraction of sp³-hybridized carbons (Fsp3) is 0.923. The van der Waals surface area contributed by atoms with E-state index in [1.165, 1.54) is 25.7 Å². The molecule has 4 bridgehead atoms. The van der Waals surface area contributed by atoms with Gasteiger partial charge >= 0.3 is 0 Å². The van der Waals surface area contributed by atoms with Gasteiger partial charge in [0.25, 0.3) is 6.47 Å². The molecule has 2 nitrogen and oxygen atoms in total. The van der Waals surface area contributed by atoms with Gasteiger partial charge in [-0.05, 0) is 43.4 Å². The van der Waals surface area contributed by atoms with Crippen LogP contribution >= 0.6 is 15.9 Å². The first-order valence-electron chi connectivity index (χ1n) is 6.33. The second kappa shape index (κ2) is 3.24. The fourth-order valence-corrected chi connectivity index (χ4v) is 6.62. The van der Waals surface area contributed by atoms with Crippen LogP contribution in [-0.2, 0) is 9.53 Å². The molecule has 4 rings (SSSR count). The Hall–Kier alpha value is -0.0500. The minimum Gasteiger partial charge on any atom is -0.461 e. The van der Waals surface area contributed by atoms with Gasteiger partial charge in [-0.25, -0.2) is 0 Å². The Balaban J connectivity index is 1.97. The lowest BCUT2D eigenvalue weighted by Gasteiger charge is -2.64. The standard InChI is InChI=1S/C13H19BrO2/c1-2-11-3-10-4-12(14,6-11)8-13(5-10,7-11)16-9-15/h9-10H,2-8H2,1H3. The van der Waals surface area contributed by atoms with Crippen LogP contribution in [0.5, 0.6) is 0 Å². The number of halogens is 1. The SMILES string of the molecule is CCC12CC3CC(Br)(C1)CC(OC=O)(C3)C2. The Labute approximate surface area is 105 Å². The molecule has 4 unspecified atom stereocenters. The van der Waals surface area contributed by atoms with Crippen LogP contribution in [-0.4, -0.2) is 16.4 Å². The third kappa shape index (κ3) is 1.47. The first kappa shape index (κ1) is 11.1. The number of hydrogen-bond donors (Lipinski definition) is 0. The van der Waals surface area contributed by atoms with E-state index in [1.54, 1.807) is 0 Å². The number of carbonyl (C=O) groups is 1. The summed E-state index contributed by atoms with van der Waals surface area (Å²) < 4.78 is 5.78. The number of rotatable bonds is 3. The van der Waals surface area contributed by atoms with Crippen LogP contribution in [0, 0.1) is 11.3 Å². The van der Waals surface area contributed by atoms with E-state index in [2.05, 4.69) is 22.9 Å². The fourth-order valence-electron chi connectivity index (χ4n) is 5.05. The molecular formula is C13H19BrO2. The maximum absolute atomic E-state index is 10.7. The quantitative estimate of drug-likeness (QED) is 0.587. The molecule has 0 aromatic heterocycles. The molecule has 0 spiro atoms. The van der Waals surface area contributed by atoms with Crippen molar-refractivity contribution in [2.24, 2.45) is 11.3 Å². The molecule has 4 atom stereocenters. The molecule has 3 heteroatoms. The van der Waals surface area contributed by atoms with Crippen molar-refractivity contribution in [3.05, 3.63) is 0 Å². The van der Waals surface area contributed by atoms with Crippen LogP contribution in [0.2, 0.25) is 0 Å². The molecule has 0 amide bonds. The van der Waals surface area contributed by atoms with Gasteiger partial charge in [0, 0.05) is 10.7 Å². The Morgan fingerprint density at radius 1 is 1.31 bits per heavy atom. The summed E-state index contributed by atoms with van der Waals surface area (Å²) in [4.78, 5) is 10.7. The molecule has 0 aliphatic heterocycles. The Bertz CT molecular complexity index is 332. The van der Waals surface area contributed by atoms with E-state index >= 15 is 0 Å². The summed E-state index contributed by atoms with van der Waals surface area (Å²) in [5, 5.41) is 0. The van der Waals surface area contributed by atoms with Crippen LogP contribution in [0.4, 0.5) is 0 Å². The third-order valence-corrected chi connectivity index (χ3v) is 6.00. The summed E-state index contributed by atoms with van der Waals surface area (Å²) in [6, 6.07) is 0. The zero-order valence-electron chi connectivity index (χ0n) is 9.80. The number of alkyl halides is 1. The minimum atomic E-state index is -0.138. The van der Waals surface area contributed by atoms with Crippen LogP contribution in [0.3, 0.4) is 0 Å². The van der Waals surface area contributed by atoms with Gasteiger partial charge in [0.15, 0.2) is 0 Å². The van der Waals surface area contributed by atoms with Crippen molar-refractivity contribution in [2.45, 2.75) is 61.8 Å². The van der Waals surface area contributed by atoms with Gasteiger partial charge in [-0.1, -0.05) is 29.3 Å². The number of carbonyl (C=O) groups excluding carboxylic acids is 1. The molecule has 16 heavy (non-hydrogen) atoms. The van der Waals surface area contributed by atoms with Gasteiger partial charge in [-0.2, -0.15) is 0 Å². The van der Waals surface area contributed by atoms with Crippen molar-refractivity contribution in [1.82, 2.24) is 0 Å². The Morgan fingerprint density at radius 3 is 2.75 bits per heavy atom. The van der Waals surface area contributed by atoms with Crippen LogP contribution in [0.15, 0.2) is 0 Å². The molecule has 4 fully saturated rings. The molecule has 4 saturated carbocycles. The number of ether oxygens (including phenoxy) is 1. The van der Waals surface area contributed by atoms with Crippen molar-refractivity contribution in [3.8, 4) is 0 Å². The van der Waals surface area contributed by atoms with Gasteiger partial charge in [-0.15, -0.1) is 0 Å². The van der Waals surface area contributed by atoms with E-state index in [0.29, 0.717) is 11.9 Å². The molecule has 0 heterocycles. The second-order valence-corrected chi connectivity index (χ2v) is 8.09. The van der Waals surface area contributed by atoms with E-state index in [9.17, 15) is 4.79 Å². The summed E-state index contributed by atoms with van der Waals surface area (Å²) in [6.07, 6.45) is 8.34. The lowest BCUT2D eigenvalue weighted by atomic mass is 9.47. The summed E-state index contributed by atoms with van der Waals surface area (Å²) in [5.41, 5.74) is 0.298. The smallest absolute Gasteiger partial charge is 0.293 e. The molecule has 0 N–H and O–H groups in total. The van der Waals surface area contributed by atoms with Crippen molar-refractivity contribution < 1.29 is 9.53 Å². The summed E-state index contributed by atoms with van der Waals surface area (Å²) in [7, 11) is 0. The molecule has 0 aromatic rings. The molecule has 4 aliphatic rings. The Kier molecular flexibility index (Phi) is 2.24. The maximum Gasteiger partial charge on any atom is 0.293 e. The van der Waals surface area contributed by atoms with Crippen LogP contribution in [0.25, 0.3) is 0 Å². The molecule has 0 aromatic carbocycles. The zero-order chi connectivity index (χ0) is 11.4. The van der Waals surface area contributed by atoms with Gasteiger partial charge in [0.2, 0.25) is 0 Å². The van der Waals surface area contributed by atoms with Crippen molar-refractivity contribution in [3.63, 3.8) is 0 Å².